The van der Waals surface area contributed by atoms with Crippen LogP contribution in [0.1, 0.15) is 16.7 Å². The summed E-state index contributed by atoms with van der Waals surface area (Å²) in [5.74, 6) is 0.762. The molecule has 0 atom stereocenters. The van der Waals surface area contributed by atoms with E-state index in [1.54, 1.807) is 42.6 Å². The fourth-order valence-electron chi connectivity index (χ4n) is 3.70. The second kappa shape index (κ2) is 10.3. The lowest BCUT2D eigenvalue weighted by molar-refractivity contribution is -0.128. The number of benzene rings is 3. The van der Waals surface area contributed by atoms with Gasteiger partial charge in [0.05, 0.1) is 19.2 Å². The first-order valence-corrected chi connectivity index (χ1v) is 10.9. The number of pyridine rings is 1. The molecule has 0 aliphatic carbocycles. The summed E-state index contributed by atoms with van der Waals surface area (Å²) in [5.41, 5.74) is 2.38. The van der Waals surface area contributed by atoms with Gasteiger partial charge in [-0.25, -0.2) is 4.79 Å². The highest BCUT2D eigenvalue weighted by molar-refractivity contribution is 6.33. The zero-order valence-electron chi connectivity index (χ0n) is 18.6. The van der Waals surface area contributed by atoms with E-state index in [2.05, 4.69) is 4.98 Å². The lowest BCUT2D eigenvalue weighted by Crippen LogP contribution is -2.07. The average Bonchev–Trinajstić information content (AvgIpc) is 2.85. The fourth-order valence-corrected chi connectivity index (χ4v) is 3.99. The topological polar surface area (TPSA) is 77.6 Å². The van der Waals surface area contributed by atoms with Gasteiger partial charge in [0.15, 0.2) is 11.5 Å². The number of hydrogen-bond donors (Lipinski definition) is 1. The fraction of sp³-hybridized carbons (Fsp3) is 0.111. The lowest BCUT2D eigenvalue weighted by atomic mass is 10.0. The molecular formula is C27H22ClNO5. The maximum absolute atomic E-state index is 12.4. The van der Waals surface area contributed by atoms with Crippen LogP contribution in [-0.4, -0.2) is 25.2 Å². The zero-order chi connectivity index (χ0) is 24.1. The smallest absolute Gasteiger partial charge is 0.336 e. The molecule has 1 aromatic heterocycles. The van der Waals surface area contributed by atoms with Gasteiger partial charge in [0.2, 0.25) is 0 Å². The van der Waals surface area contributed by atoms with Crippen LogP contribution in [0.25, 0.3) is 16.8 Å². The third-order valence-corrected chi connectivity index (χ3v) is 5.71. The first kappa shape index (κ1) is 23.1. The summed E-state index contributed by atoms with van der Waals surface area (Å²) >= 11 is 6.36. The average molecular weight is 476 g/mol. The van der Waals surface area contributed by atoms with Crippen molar-refractivity contribution in [1.29, 1.82) is 0 Å². The Balaban J connectivity index is 1.50. The Morgan fingerprint density at radius 3 is 2.56 bits per heavy atom. The molecule has 6 nitrogen and oxygen atoms in total. The van der Waals surface area contributed by atoms with Crippen molar-refractivity contribution in [2.45, 2.75) is 6.42 Å². The molecule has 7 heteroatoms. The van der Waals surface area contributed by atoms with Crippen LogP contribution in [0.3, 0.4) is 0 Å². The van der Waals surface area contributed by atoms with E-state index >= 15 is 0 Å². The third kappa shape index (κ3) is 4.97. The molecule has 1 N–H and O–H groups in total. The highest BCUT2D eigenvalue weighted by atomic mass is 35.5. The molecule has 0 saturated heterocycles. The monoisotopic (exact) mass is 475 g/mol. The van der Waals surface area contributed by atoms with Gasteiger partial charge in [-0.1, -0.05) is 41.9 Å². The Labute approximate surface area is 201 Å². The van der Waals surface area contributed by atoms with Gasteiger partial charge < -0.3 is 19.2 Å². The Morgan fingerprint density at radius 2 is 1.79 bits per heavy atom. The van der Waals surface area contributed by atoms with Crippen molar-refractivity contribution in [3.05, 3.63) is 105 Å². The molecule has 3 aromatic carbocycles. The van der Waals surface area contributed by atoms with Gasteiger partial charge in [-0.3, -0.25) is 4.79 Å². The maximum atomic E-state index is 12.4. The van der Waals surface area contributed by atoms with Gasteiger partial charge in [-0.15, -0.1) is 0 Å². The van der Waals surface area contributed by atoms with Crippen molar-refractivity contribution in [3.63, 3.8) is 0 Å². The van der Waals surface area contributed by atoms with E-state index in [0.29, 0.717) is 39.6 Å². The molecule has 34 heavy (non-hydrogen) atoms. The van der Waals surface area contributed by atoms with Crippen LogP contribution in [0.4, 0.5) is 0 Å². The minimum atomic E-state index is -0.544. The van der Waals surface area contributed by atoms with Gasteiger partial charge in [-0.05, 0) is 64.9 Å². The number of carbonyl (C=O) groups excluding carboxylic acids is 1. The van der Waals surface area contributed by atoms with Crippen molar-refractivity contribution in [3.8, 4) is 17.2 Å². The van der Waals surface area contributed by atoms with Crippen molar-refractivity contribution in [2.75, 3.05) is 14.2 Å². The van der Waals surface area contributed by atoms with Crippen LogP contribution < -0.4 is 19.8 Å². The van der Waals surface area contributed by atoms with Crippen LogP contribution in [0.5, 0.6) is 17.2 Å². The number of esters is 1. The number of nitrogens with one attached hydrogen (secondary N) is 1. The number of hydrogen-bond acceptors (Lipinski definition) is 5. The predicted octanol–water partition coefficient (Wildman–Crippen LogP) is 5.41. The first-order valence-electron chi connectivity index (χ1n) is 10.5. The summed E-state index contributed by atoms with van der Waals surface area (Å²) < 4.78 is 16.0. The molecule has 0 spiro atoms. The molecule has 0 aliphatic heterocycles. The largest absolute Gasteiger partial charge is 0.493 e. The van der Waals surface area contributed by atoms with Crippen molar-refractivity contribution >= 4 is 34.4 Å². The molecule has 0 fully saturated rings. The minimum Gasteiger partial charge on any atom is -0.493 e. The van der Waals surface area contributed by atoms with Crippen molar-refractivity contribution < 1.29 is 19.0 Å². The third-order valence-electron chi connectivity index (χ3n) is 5.32. The normalized spacial score (nSPS) is 11.0. The van der Waals surface area contributed by atoms with E-state index in [9.17, 15) is 9.59 Å². The standard InChI is InChI=1S/C27H22ClNO5/c1-32-23-12-10-18(25(28)26(23)33-2)11-13-24(30)34-20-7-5-6-17(15-20)14-19-16-29-27(31)22-9-4-3-8-21(19)22/h3-13,15-16H,14H2,1-2H3,(H,29,31)/b13-11+. The van der Waals surface area contributed by atoms with Gasteiger partial charge >= 0.3 is 5.97 Å². The van der Waals surface area contributed by atoms with E-state index in [-0.39, 0.29) is 5.56 Å². The molecule has 1 heterocycles. The van der Waals surface area contributed by atoms with E-state index in [0.717, 1.165) is 16.5 Å². The molecule has 0 amide bonds. The van der Waals surface area contributed by atoms with Crippen molar-refractivity contribution in [2.24, 2.45) is 0 Å². The number of ether oxygens (including phenoxy) is 3. The first-order chi connectivity index (χ1) is 16.5. The van der Waals surface area contributed by atoms with E-state index < -0.39 is 5.97 Å². The Hall–Kier alpha value is -4.03. The van der Waals surface area contributed by atoms with E-state index in [4.69, 9.17) is 25.8 Å². The molecule has 0 saturated carbocycles. The number of carbonyl (C=O) groups is 1. The maximum Gasteiger partial charge on any atom is 0.336 e. The molecule has 0 aliphatic rings. The summed E-state index contributed by atoms with van der Waals surface area (Å²) in [5, 5.41) is 1.87. The molecule has 0 unspecified atom stereocenters. The number of rotatable bonds is 7. The molecule has 4 aromatic rings. The number of H-pyrrole nitrogens is 1. The van der Waals surface area contributed by atoms with Gasteiger partial charge in [0, 0.05) is 17.7 Å². The quantitative estimate of drug-likeness (QED) is 0.220. The van der Waals surface area contributed by atoms with Crippen LogP contribution in [0.15, 0.2) is 77.7 Å². The number of methoxy groups -OCH3 is 2. The van der Waals surface area contributed by atoms with Gasteiger partial charge in [0.25, 0.3) is 5.56 Å². The SMILES string of the molecule is COc1ccc(/C=C/C(=O)Oc2cccc(Cc3c[nH]c(=O)c4ccccc34)c2)c(Cl)c1OC. The number of fused-ring (bicyclic) bond motifs is 1. The van der Waals surface area contributed by atoms with Gasteiger partial charge in [0.1, 0.15) is 5.75 Å². The Morgan fingerprint density at radius 1 is 1.00 bits per heavy atom. The van der Waals surface area contributed by atoms with Crippen LogP contribution in [0.2, 0.25) is 5.02 Å². The molecule has 0 radical (unpaired) electrons. The summed E-state index contributed by atoms with van der Waals surface area (Å²) in [7, 11) is 3.02. The Kier molecular flexibility index (Phi) is 6.99. The highest BCUT2D eigenvalue weighted by Crippen LogP contribution is 2.37. The van der Waals surface area contributed by atoms with Crippen LogP contribution in [-0.2, 0) is 11.2 Å². The minimum absolute atomic E-state index is 0.122. The van der Waals surface area contributed by atoms with Crippen molar-refractivity contribution in [1.82, 2.24) is 4.98 Å². The second-order valence-electron chi connectivity index (χ2n) is 7.47. The number of halogens is 1. The van der Waals surface area contributed by atoms with Crippen LogP contribution >= 0.6 is 11.6 Å². The summed E-state index contributed by atoms with van der Waals surface area (Å²) in [4.78, 5) is 27.3. The predicted molar refractivity (Wildman–Crippen MR) is 133 cm³/mol. The Bertz CT molecular complexity index is 1440. The zero-order valence-corrected chi connectivity index (χ0v) is 19.4. The van der Waals surface area contributed by atoms with E-state index in [1.807, 2.05) is 30.3 Å². The number of aromatic amines is 1. The van der Waals surface area contributed by atoms with E-state index in [1.165, 1.54) is 20.3 Å². The second-order valence-corrected chi connectivity index (χ2v) is 7.85. The summed E-state index contributed by atoms with van der Waals surface area (Å²) in [6, 6.07) is 18.2. The molecular weight excluding hydrogens is 454 g/mol. The van der Waals surface area contributed by atoms with Crippen LogP contribution in [0, 0.1) is 0 Å². The van der Waals surface area contributed by atoms with Gasteiger partial charge in [-0.2, -0.15) is 0 Å². The summed E-state index contributed by atoms with van der Waals surface area (Å²) in [6.07, 6.45) is 5.15. The summed E-state index contributed by atoms with van der Waals surface area (Å²) in [6.45, 7) is 0. The molecule has 0 bridgehead atoms. The highest BCUT2D eigenvalue weighted by Gasteiger charge is 2.12. The molecule has 172 valence electrons. The lowest BCUT2D eigenvalue weighted by Gasteiger charge is -2.10. The molecule has 4 rings (SSSR count). The number of aromatic nitrogens is 1.